The Bertz CT molecular complexity index is 1330. The molecule has 1 N–H and O–H groups in total. The molecule has 0 spiro atoms. The van der Waals surface area contributed by atoms with Gasteiger partial charge in [0.25, 0.3) is 5.56 Å². The topological polar surface area (TPSA) is 103 Å². The third-order valence-electron chi connectivity index (χ3n) is 5.00. The van der Waals surface area contributed by atoms with Crippen molar-refractivity contribution in [1.82, 2.24) is 25.0 Å². The van der Waals surface area contributed by atoms with Crippen LogP contribution in [0.3, 0.4) is 0 Å². The predicted octanol–water partition coefficient (Wildman–Crippen LogP) is 3.68. The number of aryl methyl sites for hydroxylation is 2. The molecule has 0 bridgehead atoms. The van der Waals surface area contributed by atoms with Gasteiger partial charge in [0.15, 0.2) is 0 Å². The Balaban J connectivity index is 1.48. The number of rotatable bonds is 7. The van der Waals surface area contributed by atoms with Crippen LogP contribution >= 0.6 is 11.6 Å². The molecular weight excluding hydrogens is 430 g/mol. The maximum atomic E-state index is 12.4. The van der Waals surface area contributed by atoms with Gasteiger partial charge in [-0.25, -0.2) is 4.98 Å². The third kappa shape index (κ3) is 4.70. The first-order chi connectivity index (χ1) is 15.4. The van der Waals surface area contributed by atoms with Crippen molar-refractivity contribution >= 4 is 28.5 Å². The molecule has 2 heterocycles. The molecule has 0 atom stereocenters. The van der Waals surface area contributed by atoms with Gasteiger partial charge in [0.1, 0.15) is 5.69 Å². The number of aromatic nitrogens is 4. The van der Waals surface area contributed by atoms with Crippen LogP contribution in [0.5, 0.6) is 0 Å². The van der Waals surface area contributed by atoms with Gasteiger partial charge in [0.05, 0.1) is 24.0 Å². The molecule has 2 aromatic carbocycles. The smallest absolute Gasteiger partial charge is 0.272 e. The molecule has 2 aromatic heterocycles. The molecule has 32 heavy (non-hydrogen) atoms. The number of carbonyl (C=O) groups excluding carboxylic acids is 1. The zero-order valence-corrected chi connectivity index (χ0v) is 18.5. The molecule has 0 saturated carbocycles. The summed E-state index contributed by atoms with van der Waals surface area (Å²) in [4.78, 5) is 33.4. The Hall–Kier alpha value is -3.52. The van der Waals surface area contributed by atoms with Gasteiger partial charge in [0, 0.05) is 17.1 Å². The Labute approximate surface area is 189 Å². The SMILES string of the molecule is CCCn1c(=O)c(C)nc2cc(-c3noc(CNC(=O)Cc4ccc(Cl)cc4)n3)ccc21. The van der Waals surface area contributed by atoms with Crippen molar-refractivity contribution in [2.45, 2.75) is 39.8 Å². The Morgan fingerprint density at radius 1 is 1.16 bits per heavy atom. The van der Waals surface area contributed by atoms with Crippen LogP contribution < -0.4 is 10.9 Å². The lowest BCUT2D eigenvalue weighted by atomic mass is 10.1. The van der Waals surface area contributed by atoms with E-state index in [9.17, 15) is 9.59 Å². The van der Waals surface area contributed by atoms with Crippen LogP contribution in [0.15, 0.2) is 51.8 Å². The monoisotopic (exact) mass is 451 g/mol. The van der Waals surface area contributed by atoms with Crippen LogP contribution in [0.4, 0.5) is 0 Å². The van der Waals surface area contributed by atoms with Gasteiger partial charge in [-0.3, -0.25) is 9.59 Å². The number of hydrogen-bond acceptors (Lipinski definition) is 6. The molecule has 8 nitrogen and oxygen atoms in total. The summed E-state index contributed by atoms with van der Waals surface area (Å²) in [6.07, 6.45) is 1.07. The molecule has 164 valence electrons. The van der Waals surface area contributed by atoms with E-state index in [2.05, 4.69) is 20.4 Å². The number of benzene rings is 2. The molecule has 4 aromatic rings. The minimum absolute atomic E-state index is 0.0803. The van der Waals surface area contributed by atoms with Crippen molar-refractivity contribution in [3.05, 3.63) is 75.0 Å². The predicted molar refractivity (Wildman–Crippen MR) is 121 cm³/mol. The minimum atomic E-state index is -0.161. The maximum absolute atomic E-state index is 12.4. The van der Waals surface area contributed by atoms with Gasteiger partial charge >= 0.3 is 0 Å². The number of nitrogens with one attached hydrogen (secondary N) is 1. The largest absolute Gasteiger partial charge is 0.347 e. The van der Waals surface area contributed by atoms with Gasteiger partial charge in [0.2, 0.25) is 17.6 Å². The van der Waals surface area contributed by atoms with Crippen LogP contribution in [0.2, 0.25) is 5.02 Å². The van der Waals surface area contributed by atoms with Crippen molar-refractivity contribution < 1.29 is 9.32 Å². The van der Waals surface area contributed by atoms with E-state index < -0.39 is 0 Å². The molecule has 0 saturated heterocycles. The zero-order valence-electron chi connectivity index (χ0n) is 17.8. The van der Waals surface area contributed by atoms with Gasteiger partial charge in [-0.2, -0.15) is 4.98 Å². The van der Waals surface area contributed by atoms with E-state index in [0.29, 0.717) is 40.1 Å². The lowest BCUT2D eigenvalue weighted by Crippen LogP contribution is -2.24. The van der Waals surface area contributed by atoms with E-state index in [0.717, 1.165) is 17.5 Å². The number of amides is 1. The first-order valence-electron chi connectivity index (χ1n) is 10.3. The first-order valence-corrected chi connectivity index (χ1v) is 10.7. The quantitative estimate of drug-likeness (QED) is 0.459. The minimum Gasteiger partial charge on any atom is -0.347 e. The van der Waals surface area contributed by atoms with Gasteiger partial charge in [-0.15, -0.1) is 0 Å². The second-order valence-electron chi connectivity index (χ2n) is 7.45. The molecular formula is C23H22ClN5O3. The highest BCUT2D eigenvalue weighted by molar-refractivity contribution is 6.30. The molecule has 0 radical (unpaired) electrons. The first kappa shape index (κ1) is 21.7. The van der Waals surface area contributed by atoms with E-state index in [1.807, 2.05) is 37.3 Å². The van der Waals surface area contributed by atoms with Crippen molar-refractivity contribution in [3.63, 3.8) is 0 Å². The average molecular weight is 452 g/mol. The number of nitrogens with zero attached hydrogens (tertiary/aromatic N) is 4. The fourth-order valence-electron chi connectivity index (χ4n) is 3.43. The van der Waals surface area contributed by atoms with E-state index in [-0.39, 0.29) is 24.4 Å². The van der Waals surface area contributed by atoms with Gasteiger partial charge < -0.3 is 14.4 Å². The Morgan fingerprint density at radius 2 is 1.94 bits per heavy atom. The van der Waals surface area contributed by atoms with Crippen LogP contribution in [0.25, 0.3) is 22.4 Å². The molecule has 4 rings (SSSR count). The number of hydrogen-bond donors (Lipinski definition) is 1. The highest BCUT2D eigenvalue weighted by atomic mass is 35.5. The highest BCUT2D eigenvalue weighted by Crippen LogP contribution is 2.21. The molecule has 0 aliphatic rings. The maximum Gasteiger partial charge on any atom is 0.272 e. The van der Waals surface area contributed by atoms with Crippen molar-refractivity contribution in [1.29, 1.82) is 0 Å². The standard InChI is InChI=1S/C23H22ClN5O3/c1-3-10-29-19-9-6-16(12-18(19)26-14(2)23(29)31)22-27-21(32-28-22)13-25-20(30)11-15-4-7-17(24)8-5-15/h4-9,12H,3,10-11,13H2,1-2H3,(H,25,30). The normalized spacial score (nSPS) is 11.1. The molecule has 1 amide bonds. The molecule has 9 heteroatoms. The Morgan fingerprint density at radius 3 is 2.69 bits per heavy atom. The number of carbonyl (C=O) groups is 1. The average Bonchev–Trinajstić information content (AvgIpc) is 3.26. The Kier molecular flexibility index (Phi) is 6.32. The van der Waals surface area contributed by atoms with Crippen molar-refractivity contribution in [2.75, 3.05) is 0 Å². The molecule has 0 aliphatic carbocycles. The van der Waals surface area contributed by atoms with E-state index >= 15 is 0 Å². The van der Waals surface area contributed by atoms with Crippen LogP contribution in [-0.4, -0.2) is 25.6 Å². The summed E-state index contributed by atoms with van der Waals surface area (Å²) in [5.41, 5.74) is 3.40. The summed E-state index contributed by atoms with van der Waals surface area (Å²) in [5.74, 6) is 0.525. The summed E-state index contributed by atoms with van der Waals surface area (Å²) in [6.45, 7) is 4.48. The third-order valence-corrected chi connectivity index (χ3v) is 5.25. The summed E-state index contributed by atoms with van der Waals surface area (Å²) >= 11 is 5.86. The summed E-state index contributed by atoms with van der Waals surface area (Å²) < 4.78 is 7.02. The van der Waals surface area contributed by atoms with E-state index in [1.54, 1.807) is 23.6 Å². The highest BCUT2D eigenvalue weighted by Gasteiger charge is 2.13. The van der Waals surface area contributed by atoms with Gasteiger partial charge in [-0.1, -0.05) is 35.8 Å². The van der Waals surface area contributed by atoms with Crippen molar-refractivity contribution in [3.8, 4) is 11.4 Å². The zero-order chi connectivity index (χ0) is 22.7. The summed E-state index contributed by atoms with van der Waals surface area (Å²) in [6, 6.07) is 12.6. The lowest BCUT2D eigenvalue weighted by molar-refractivity contribution is -0.120. The fraction of sp³-hybridized carbons (Fsp3) is 0.261. The second-order valence-corrected chi connectivity index (χ2v) is 7.89. The second kappa shape index (κ2) is 9.32. The van der Waals surface area contributed by atoms with Crippen LogP contribution in [-0.2, 0) is 24.3 Å². The van der Waals surface area contributed by atoms with Gasteiger partial charge in [-0.05, 0) is 49.2 Å². The fourth-order valence-corrected chi connectivity index (χ4v) is 3.55. The van der Waals surface area contributed by atoms with Crippen LogP contribution in [0.1, 0.15) is 30.5 Å². The molecule has 0 unspecified atom stereocenters. The lowest BCUT2D eigenvalue weighted by Gasteiger charge is -2.10. The van der Waals surface area contributed by atoms with Crippen molar-refractivity contribution in [2.24, 2.45) is 0 Å². The number of fused-ring (bicyclic) bond motifs is 1. The number of halogens is 1. The molecule has 0 aliphatic heterocycles. The van der Waals surface area contributed by atoms with Crippen LogP contribution in [0, 0.1) is 6.92 Å². The van der Waals surface area contributed by atoms with E-state index in [4.69, 9.17) is 16.1 Å². The molecule has 0 fully saturated rings. The summed E-state index contributed by atoms with van der Waals surface area (Å²) in [7, 11) is 0. The van der Waals surface area contributed by atoms with E-state index in [1.165, 1.54) is 0 Å². The summed E-state index contributed by atoms with van der Waals surface area (Å²) in [5, 5.41) is 7.41.